The van der Waals surface area contributed by atoms with E-state index in [1.54, 1.807) is 37.3 Å². The molecule has 0 saturated carbocycles. The first-order chi connectivity index (χ1) is 16.9. The fourth-order valence-corrected chi connectivity index (χ4v) is 4.33. The molecular formula is C27H22ClFN4O2. The molecule has 0 saturated heterocycles. The summed E-state index contributed by atoms with van der Waals surface area (Å²) in [6, 6.07) is 20.5. The number of nitrogens with zero attached hydrogens (tertiary/aromatic N) is 3. The van der Waals surface area contributed by atoms with Crippen LogP contribution in [0.2, 0.25) is 5.02 Å². The van der Waals surface area contributed by atoms with E-state index >= 15 is 0 Å². The average Bonchev–Trinajstić information content (AvgIpc) is 3.32. The maximum Gasteiger partial charge on any atom is 0.322 e. The van der Waals surface area contributed by atoms with E-state index in [0.717, 1.165) is 16.7 Å². The van der Waals surface area contributed by atoms with Crippen molar-refractivity contribution in [2.45, 2.75) is 26.4 Å². The van der Waals surface area contributed by atoms with E-state index in [1.165, 1.54) is 11.0 Å². The molecule has 0 aliphatic carbocycles. The molecule has 1 aromatic heterocycles. The molecule has 5 rings (SSSR count). The number of aryl methyl sites for hydroxylation is 1. The molecule has 2 amide bonds. The smallest absolute Gasteiger partial charge is 0.322 e. The Kier molecular flexibility index (Phi) is 6.09. The highest BCUT2D eigenvalue weighted by Gasteiger charge is 2.36. The van der Waals surface area contributed by atoms with Gasteiger partial charge in [-0.05, 0) is 37.6 Å². The van der Waals surface area contributed by atoms with Crippen LogP contribution in [0.1, 0.15) is 35.5 Å². The van der Waals surface area contributed by atoms with Gasteiger partial charge in [-0.2, -0.15) is 4.98 Å². The Morgan fingerprint density at radius 3 is 2.57 bits per heavy atom. The first-order valence-corrected chi connectivity index (χ1v) is 11.5. The molecule has 176 valence electrons. The minimum absolute atomic E-state index is 0.0507. The topological polar surface area (TPSA) is 71.3 Å². The van der Waals surface area contributed by atoms with Gasteiger partial charge in [0, 0.05) is 21.8 Å². The molecular weight excluding hydrogens is 467 g/mol. The zero-order valence-corrected chi connectivity index (χ0v) is 19.9. The van der Waals surface area contributed by atoms with Gasteiger partial charge in [0.15, 0.2) is 0 Å². The van der Waals surface area contributed by atoms with Gasteiger partial charge in [-0.3, -0.25) is 4.90 Å². The van der Waals surface area contributed by atoms with Crippen LogP contribution < -0.4 is 5.32 Å². The monoisotopic (exact) mass is 488 g/mol. The molecule has 0 radical (unpaired) electrons. The molecule has 1 aliphatic heterocycles. The standard InChI is InChI=1S/C27H22ClFN4O2/c1-16-10-12-18(13-11-16)25-31-26(35-32-25)23-17(2)33(15-20-6-3-4-9-22(20)29)27(34)30-24(23)19-7-5-8-21(28)14-19/h3-14,24H,15H2,1-2H3,(H,30,34). The number of carbonyl (C=O) groups excluding carboxylic acids is 1. The van der Waals surface area contributed by atoms with Crippen LogP contribution in [-0.4, -0.2) is 21.1 Å². The van der Waals surface area contributed by atoms with Crippen molar-refractivity contribution >= 4 is 23.2 Å². The third-order valence-corrected chi connectivity index (χ3v) is 6.27. The number of rotatable bonds is 5. The lowest BCUT2D eigenvalue weighted by molar-refractivity contribution is 0.202. The number of aromatic nitrogens is 2. The van der Waals surface area contributed by atoms with Crippen molar-refractivity contribution < 1.29 is 13.7 Å². The number of halogens is 2. The number of carbonyl (C=O) groups is 1. The van der Waals surface area contributed by atoms with E-state index < -0.39 is 6.04 Å². The van der Waals surface area contributed by atoms with Crippen molar-refractivity contribution in [1.29, 1.82) is 0 Å². The Labute approximate surface area is 207 Å². The lowest BCUT2D eigenvalue weighted by Crippen LogP contribution is -2.45. The van der Waals surface area contributed by atoms with Gasteiger partial charge in [-0.15, -0.1) is 0 Å². The third kappa shape index (κ3) is 4.55. The van der Waals surface area contributed by atoms with E-state index in [-0.39, 0.29) is 24.3 Å². The zero-order chi connectivity index (χ0) is 24.5. The fourth-order valence-electron chi connectivity index (χ4n) is 4.13. The molecule has 1 aliphatic rings. The summed E-state index contributed by atoms with van der Waals surface area (Å²) in [5, 5.41) is 7.72. The van der Waals surface area contributed by atoms with Crippen molar-refractivity contribution in [3.63, 3.8) is 0 Å². The molecule has 1 unspecified atom stereocenters. The predicted octanol–water partition coefficient (Wildman–Crippen LogP) is 6.54. The quantitative estimate of drug-likeness (QED) is 0.346. The van der Waals surface area contributed by atoms with Gasteiger partial charge in [-0.25, -0.2) is 9.18 Å². The van der Waals surface area contributed by atoms with Crippen molar-refractivity contribution in [3.05, 3.63) is 112 Å². The van der Waals surface area contributed by atoms with Crippen LogP contribution in [0.5, 0.6) is 0 Å². The Morgan fingerprint density at radius 1 is 1.06 bits per heavy atom. The van der Waals surface area contributed by atoms with Gasteiger partial charge < -0.3 is 9.84 Å². The molecule has 0 bridgehead atoms. The molecule has 4 aromatic rings. The van der Waals surface area contributed by atoms with E-state index in [2.05, 4.69) is 15.5 Å². The summed E-state index contributed by atoms with van der Waals surface area (Å²) >= 11 is 6.25. The number of urea groups is 1. The minimum atomic E-state index is -0.579. The first-order valence-electron chi connectivity index (χ1n) is 11.1. The highest BCUT2D eigenvalue weighted by Crippen LogP contribution is 2.38. The Hall–Kier alpha value is -3.97. The average molecular weight is 489 g/mol. The largest absolute Gasteiger partial charge is 0.334 e. The van der Waals surface area contributed by atoms with Crippen LogP contribution in [0.4, 0.5) is 9.18 Å². The second-order valence-corrected chi connectivity index (χ2v) is 8.84. The molecule has 6 nitrogen and oxygen atoms in total. The van der Waals surface area contributed by atoms with Crippen LogP contribution in [0.15, 0.2) is 83.0 Å². The number of benzene rings is 3. The Bertz CT molecular complexity index is 1430. The molecule has 8 heteroatoms. The molecule has 0 spiro atoms. The van der Waals surface area contributed by atoms with Crippen molar-refractivity contribution in [3.8, 4) is 11.4 Å². The minimum Gasteiger partial charge on any atom is -0.334 e. The van der Waals surface area contributed by atoms with Gasteiger partial charge in [0.2, 0.25) is 5.82 Å². The summed E-state index contributed by atoms with van der Waals surface area (Å²) in [6.45, 7) is 3.85. The first kappa shape index (κ1) is 22.8. The van der Waals surface area contributed by atoms with E-state index in [0.29, 0.717) is 27.7 Å². The van der Waals surface area contributed by atoms with Crippen molar-refractivity contribution in [1.82, 2.24) is 20.4 Å². The molecule has 0 fully saturated rings. The summed E-state index contributed by atoms with van der Waals surface area (Å²) in [4.78, 5) is 19.3. The SMILES string of the molecule is CC1=C(c2nc(-c3ccc(C)cc3)no2)C(c2cccc(Cl)c2)NC(=O)N1Cc1ccccc1F. The van der Waals surface area contributed by atoms with Gasteiger partial charge in [0.1, 0.15) is 5.82 Å². The van der Waals surface area contributed by atoms with Crippen LogP contribution in [0, 0.1) is 12.7 Å². The molecule has 3 aromatic carbocycles. The highest BCUT2D eigenvalue weighted by atomic mass is 35.5. The van der Waals surface area contributed by atoms with Crippen molar-refractivity contribution in [2.75, 3.05) is 0 Å². The van der Waals surface area contributed by atoms with Crippen molar-refractivity contribution in [2.24, 2.45) is 0 Å². The summed E-state index contributed by atoms with van der Waals surface area (Å²) in [5.41, 5.74) is 4.30. The van der Waals surface area contributed by atoms with Crippen LogP contribution in [0.25, 0.3) is 17.0 Å². The number of hydrogen-bond acceptors (Lipinski definition) is 4. The van der Waals surface area contributed by atoms with Crippen LogP contribution in [0.3, 0.4) is 0 Å². The summed E-state index contributed by atoms with van der Waals surface area (Å²) in [6.07, 6.45) is 0. The fraction of sp³-hybridized carbons (Fsp3) is 0.148. The predicted molar refractivity (Wildman–Crippen MR) is 132 cm³/mol. The zero-order valence-electron chi connectivity index (χ0n) is 19.1. The maximum atomic E-state index is 14.4. The second-order valence-electron chi connectivity index (χ2n) is 8.40. The molecule has 2 heterocycles. The lowest BCUT2D eigenvalue weighted by atomic mass is 9.94. The third-order valence-electron chi connectivity index (χ3n) is 6.03. The Balaban J connectivity index is 1.61. The molecule has 35 heavy (non-hydrogen) atoms. The molecule has 1 atom stereocenters. The highest BCUT2D eigenvalue weighted by molar-refractivity contribution is 6.30. The van der Waals surface area contributed by atoms with E-state index in [4.69, 9.17) is 16.1 Å². The normalized spacial score (nSPS) is 15.9. The Morgan fingerprint density at radius 2 is 1.83 bits per heavy atom. The summed E-state index contributed by atoms with van der Waals surface area (Å²) in [5.74, 6) is 0.315. The van der Waals surface area contributed by atoms with Gasteiger partial charge in [0.05, 0.1) is 18.2 Å². The van der Waals surface area contributed by atoms with Gasteiger partial charge in [0.25, 0.3) is 5.89 Å². The molecule has 1 N–H and O–H groups in total. The van der Waals surface area contributed by atoms with Crippen LogP contribution in [-0.2, 0) is 6.54 Å². The summed E-state index contributed by atoms with van der Waals surface area (Å²) < 4.78 is 20.1. The van der Waals surface area contributed by atoms with Gasteiger partial charge >= 0.3 is 6.03 Å². The second kappa shape index (κ2) is 9.35. The maximum absolute atomic E-state index is 14.4. The number of nitrogens with one attached hydrogen (secondary N) is 1. The van der Waals surface area contributed by atoms with Crippen LogP contribution >= 0.6 is 11.6 Å². The lowest BCUT2D eigenvalue weighted by Gasteiger charge is -2.35. The number of allylic oxidation sites excluding steroid dienone is 1. The number of hydrogen-bond donors (Lipinski definition) is 1. The van der Waals surface area contributed by atoms with E-state index in [1.807, 2.05) is 43.3 Å². The van der Waals surface area contributed by atoms with E-state index in [9.17, 15) is 9.18 Å². The number of amides is 2. The summed E-state index contributed by atoms with van der Waals surface area (Å²) in [7, 11) is 0. The van der Waals surface area contributed by atoms with Gasteiger partial charge in [-0.1, -0.05) is 76.9 Å².